The summed E-state index contributed by atoms with van der Waals surface area (Å²) in [4.78, 5) is 19.1. The first-order valence-electron chi connectivity index (χ1n) is 9.93. The van der Waals surface area contributed by atoms with Crippen LogP contribution in [0.2, 0.25) is 0 Å². The Hall–Kier alpha value is -2.14. The minimum Gasteiger partial charge on any atom is -0.356 e. The highest BCUT2D eigenvalue weighted by atomic mass is 16.2. The Balaban J connectivity index is 1.42. The topological polar surface area (TPSA) is 57.3 Å². The molecule has 0 spiro atoms. The van der Waals surface area contributed by atoms with E-state index in [1.54, 1.807) is 0 Å². The average Bonchev–Trinajstić information content (AvgIpc) is 3.53. The molecule has 5 nitrogen and oxygen atoms in total. The summed E-state index contributed by atoms with van der Waals surface area (Å²) in [5.41, 5.74) is 2.31. The number of pyridine rings is 1. The third-order valence-electron chi connectivity index (χ3n) is 5.30. The minimum absolute atomic E-state index is 0.216. The van der Waals surface area contributed by atoms with Crippen molar-refractivity contribution in [2.75, 3.05) is 31.1 Å². The van der Waals surface area contributed by atoms with Crippen molar-refractivity contribution in [1.29, 1.82) is 0 Å². The molecule has 5 heteroatoms. The number of anilines is 1. The molecule has 2 N–H and O–H groups in total. The normalized spacial score (nSPS) is 17.5. The summed E-state index contributed by atoms with van der Waals surface area (Å²) in [5.74, 6) is 1.62. The van der Waals surface area contributed by atoms with Crippen LogP contribution < -0.4 is 15.5 Å². The number of para-hydroxylation sites is 1. The van der Waals surface area contributed by atoms with Gasteiger partial charge in [-0.25, -0.2) is 4.98 Å². The molecule has 2 aromatic rings. The SMILES string of the molecule is O=C(NCCNCc1cc2ccccc2nc1N1CCCCC1)C1CC1. The number of nitrogens with one attached hydrogen (secondary N) is 2. The van der Waals surface area contributed by atoms with Gasteiger partial charge in [0, 0.05) is 49.6 Å². The van der Waals surface area contributed by atoms with Gasteiger partial charge in [0.05, 0.1) is 5.52 Å². The van der Waals surface area contributed by atoms with E-state index in [2.05, 4.69) is 45.9 Å². The van der Waals surface area contributed by atoms with E-state index in [9.17, 15) is 4.79 Å². The third kappa shape index (κ3) is 4.15. The van der Waals surface area contributed by atoms with Crippen LogP contribution in [-0.2, 0) is 11.3 Å². The molecule has 0 bridgehead atoms. The molecule has 1 saturated heterocycles. The van der Waals surface area contributed by atoms with E-state index in [0.717, 1.165) is 50.4 Å². The van der Waals surface area contributed by atoms with Gasteiger partial charge in [-0.15, -0.1) is 0 Å². The molecule has 2 aliphatic rings. The molecule has 1 aliphatic carbocycles. The summed E-state index contributed by atoms with van der Waals surface area (Å²) in [5, 5.41) is 7.68. The zero-order chi connectivity index (χ0) is 17.8. The van der Waals surface area contributed by atoms with E-state index in [1.807, 2.05) is 0 Å². The minimum atomic E-state index is 0.216. The number of hydrogen-bond donors (Lipinski definition) is 2. The number of hydrogen-bond acceptors (Lipinski definition) is 4. The Morgan fingerprint density at radius 2 is 1.92 bits per heavy atom. The lowest BCUT2D eigenvalue weighted by Gasteiger charge is -2.30. The van der Waals surface area contributed by atoms with Gasteiger partial charge in [0.1, 0.15) is 5.82 Å². The number of rotatable bonds is 7. The highest BCUT2D eigenvalue weighted by Crippen LogP contribution is 2.28. The van der Waals surface area contributed by atoms with E-state index >= 15 is 0 Å². The quantitative estimate of drug-likeness (QED) is 0.753. The van der Waals surface area contributed by atoms with Gasteiger partial charge >= 0.3 is 0 Å². The van der Waals surface area contributed by atoms with Crippen LogP contribution in [0.25, 0.3) is 10.9 Å². The maximum absolute atomic E-state index is 11.7. The largest absolute Gasteiger partial charge is 0.356 e. The fourth-order valence-corrected chi connectivity index (χ4v) is 3.65. The van der Waals surface area contributed by atoms with E-state index in [0.29, 0.717) is 6.54 Å². The fraction of sp³-hybridized carbons (Fsp3) is 0.524. The molecule has 0 unspecified atom stereocenters. The molecule has 0 radical (unpaired) electrons. The second-order valence-corrected chi connectivity index (χ2v) is 7.45. The summed E-state index contributed by atoms with van der Waals surface area (Å²) in [6.07, 6.45) is 5.92. The van der Waals surface area contributed by atoms with Crippen molar-refractivity contribution in [3.05, 3.63) is 35.9 Å². The molecule has 2 heterocycles. The van der Waals surface area contributed by atoms with Crippen molar-refractivity contribution >= 4 is 22.6 Å². The molecule has 2 fully saturated rings. The predicted molar refractivity (Wildman–Crippen MR) is 105 cm³/mol. The van der Waals surface area contributed by atoms with Gasteiger partial charge in [-0.05, 0) is 44.2 Å². The molecule has 1 amide bonds. The lowest BCUT2D eigenvalue weighted by atomic mass is 10.1. The molecule has 26 heavy (non-hydrogen) atoms. The third-order valence-corrected chi connectivity index (χ3v) is 5.30. The summed E-state index contributed by atoms with van der Waals surface area (Å²) in [6, 6.07) is 10.6. The monoisotopic (exact) mass is 352 g/mol. The van der Waals surface area contributed by atoms with E-state index in [-0.39, 0.29) is 11.8 Å². The lowest BCUT2D eigenvalue weighted by Crippen LogP contribution is -2.34. The first kappa shape index (κ1) is 17.3. The summed E-state index contributed by atoms with van der Waals surface area (Å²) >= 11 is 0. The highest BCUT2D eigenvalue weighted by molar-refractivity contribution is 5.82. The van der Waals surface area contributed by atoms with E-state index < -0.39 is 0 Å². The van der Waals surface area contributed by atoms with E-state index in [4.69, 9.17) is 4.98 Å². The van der Waals surface area contributed by atoms with Crippen molar-refractivity contribution in [2.45, 2.75) is 38.6 Å². The number of amides is 1. The molecular formula is C21H28N4O. The summed E-state index contributed by atoms with van der Waals surface area (Å²) in [7, 11) is 0. The summed E-state index contributed by atoms with van der Waals surface area (Å²) in [6.45, 7) is 4.44. The van der Waals surface area contributed by atoms with Crippen molar-refractivity contribution in [1.82, 2.24) is 15.6 Å². The Morgan fingerprint density at radius 1 is 1.12 bits per heavy atom. The van der Waals surface area contributed by atoms with Gasteiger partial charge < -0.3 is 15.5 Å². The van der Waals surface area contributed by atoms with Crippen LogP contribution >= 0.6 is 0 Å². The molecule has 1 aromatic carbocycles. The number of nitrogens with zero attached hydrogens (tertiary/aromatic N) is 2. The lowest BCUT2D eigenvalue weighted by molar-refractivity contribution is -0.122. The Morgan fingerprint density at radius 3 is 2.73 bits per heavy atom. The van der Waals surface area contributed by atoms with Gasteiger partial charge in [0.15, 0.2) is 0 Å². The van der Waals surface area contributed by atoms with Crippen LogP contribution in [-0.4, -0.2) is 37.1 Å². The molecular weight excluding hydrogens is 324 g/mol. The van der Waals surface area contributed by atoms with E-state index in [1.165, 1.54) is 30.2 Å². The van der Waals surface area contributed by atoms with Gasteiger partial charge in [0.25, 0.3) is 0 Å². The van der Waals surface area contributed by atoms with Crippen molar-refractivity contribution < 1.29 is 4.79 Å². The van der Waals surface area contributed by atoms with Crippen molar-refractivity contribution in [3.8, 4) is 0 Å². The zero-order valence-corrected chi connectivity index (χ0v) is 15.3. The number of carbonyl (C=O) groups excluding carboxylic acids is 1. The van der Waals surface area contributed by atoms with Crippen molar-refractivity contribution in [3.63, 3.8) is 0 Å². The molecule has 1 aromatic heterocycles. The van der Waals surface area contributed by atoms with Crippen LogP contribution in [0.15, 0.2) is 30.3 Å². The summed E-state index contributed by atoms with van der Waals surface area (Å²) < 4.78 is 0. The first-order valence-corrected chi connectivity index (χ1v) is 9.93. The number of carbonyl (C=O) groups is 1. The van der Waals surface area contributed by atoms with Crippen LogP contribution in [0.1, 0.15) is 37.7 Å². The number of benzene rings is 1. The van der Waals surface area contributed by atoms with Crippen LogP contribution in [0.5, 0.6) is 0 Å². The number of aromatic nitrogens is 1. The molecule has 138 valence electrons. The van der Waals surface area contributed by atoms with Gasteiger partial charge in [-0.1, -0.05) is 18.2 Å². The number of fused-ring (bicyclic) bond motifs is 1. The molecule has 4 rings (SSSR count). The molecule has 1 saturated carbocycles. The van der Waals surface area contributed by atoms with Gasteiger partial charge in [0.2, 0.25) is 5.91 Å². The average molecular weight is 352 g/mol. The molecule has 0 atom stereocenters. The van der Waals surface area contributed by atoms with Crippen LogP contribution in [0.3, 0.4) is 0 Å². The van der Waals surface area contributed by atoms with Crippen molar-refractivity contribution in [2.24, 2.45) is 5.92 Å². The maximum atomic E-state index is 11.7. The predicted octanol–water partition coefficient (Wildman–Crippen LogP) is 2.84. The first-order chi connectivity index (χ1) is 12.8. The Bertz CT molecular complexity index is 766. The second kappa shape index (κ2) is 8.04. The Labute approximate surface area is 155 Å². The maximum Gasteiger partial charge on any atom is 0.223 e. The Kier molecular flexibility index (Phi) is 5.34. The van der Waals surface area contributed by atoms with Gasteiger partial charge in [-0.3, -0.25) is 4.79 Å². The highest BCUT2D eigenvalue weighted by Gasteiger charge is 2.28. The van der Waals surface area contributed by atoms with Crippen LogP contribution in [0, 0.1) is 5.92 Å². The standard InChI is InChI=1S/C21H28N4O/c26-21(16-8-9-16)23-11-10-22-15-18-14-17-6-2-3-7-19(17)24-20(18)25-12-4-1-5-13-25/h2-3,6-7,14,16,22H,1,4-5,8-13,15H2,(H,23,26). The van der Waals surface area contributed by atoms with Crippen LogP contribution in [0.4, 0.5) is 5.82 Å². The second-order valence-electron chi connectivity index (χ2n) is 7.45. The number of piperidine rings is 1. The van der Waals surface area contributed by atoms with Gasteiger partial charge in [-0.2, -0.15) is 0 Å². The zero-order valence-electron chi connectivity index (χ0n) is 15.3. The smallest absolute Gasteiger partial charge is 0.223 e. The molecule has 1 aliphatic heterocycles. The fourth-order valence-electron chi connectivity index (χ4n) is 3.65.